The van der Waals surface area contributed by atoms with Gasteiger partial charge in [-0.25, -0.2) is 4.79 Å². The lowest BCUT2D eigenvalue weighted by molar-refractivity contribution is -0.152. The third-order valence-corrected chi connectivity index (χ3v) is 3.74. The summed E-state index contributed by atoms with van der Waals surface area (Å²) in [4.78, 5) is 25.2. The molecule has 102 valence electrons. The monoisotopic (exact) mass is 261 g/mol. The molecule has 0 spiro atoms. The smallest absolute Gasteiger partial charge is 0.326 e. The Bertz CT molecular complexity index is 458. The molecule has 0 saturated carbocycles. The van der Waals surface area contributed by atoms with Gasteiger partial charge in [-0.3, -0.25) is 4.79 Å². The Hall–Kier alpha value is -1.84. The summed E-state index contributed by atoms with van der Waals surface area (Å²) in [7, 11) is 0. The Labute approximate surface area is 113 Å². The minimum absolute atomic E-state index is 0.0849. The average Bonchev–Trinajstić information content (AvgIpc) is 2.46. The topological polar surface area (TPSA) is 57.6 Å². The average molecular weight is 261 g/mol. The molecule has 0 aromatic heterocycles. The third-order valence-electron chi connectivity index (χ3n) is 3.74. The molecule has 1 heterocycles. The molecular weight excluding hydrogens is 242 g/mol. The van der Waals surface area contributed by atoms with Gasteiger partial charge in [0, 0.05) is 6.54 Å². The molecule has 4 heteroatoms. The van der Waals surface area contributed by atoms with Crippen molar-refractivity contribution in [1.29, 1.82) is 0 Å². The Morgan fingerprint density at radius 1 is 1.26 bits per heavy atom. The molecule has 0 bridgehead atoms. The highest BCUT2D eigenvalue weighted by atomic mass is 16.4. The van der Waals surface area contributed by atoms with E-state index >= 15 is 0 Å². The van der Waals surface area contributed by atoms with Crippen LogP contribution in [0.4, 0.5) is 0 Å². The van der Waals surface area contributed by atoms with Gasteiger partial charge in [0.15, 0.2) is 0 Å². The van der Waals surface area contributed by atoms with Crippen LogP contribution in [0.3, 0.4) is 0 Å². The fourth-order valence-corrected chi connectivity index (χ4v) is 2.59. The number of carbonyl (C=O) groups is 2. The number of nitrogens with zero attached hydrogens (tertiary/aromatic N) is 1. The number of piperidine rings is 1. The molecule has 1 aromatic carbocycles. The minimum atomic E-state index is -0.895. The highest BCUT2D eigenvalue weighted by Gasteiger charge is 2.34. The van der Waals surface area contributed by atoms with E-state index in [1.54, 1.807) is 0 Å². The third kappa shape index (κ3) is 2.95. The summed E-state index contributed by atoms with van der Waals surface area (Å²) >= 11 is 0. The van der Waals surface area contributed by atoms with Crippen LogP contribution in [0.5, 0.6) is 0 Å². The van der Waals surface area contributed by atoms with E-state index in [9.17, 15) is 14.7 Å². The van der Waals surface area contributed by atoms with Crippen LogP contribution in [0, 0.1) is 0 Å². The number of rotatable bonds is 3. The van der Waals surface area contributed by atoms with Crippen molar-refractivity contribution >= 4 is 11.9 Å². The number of carboxylic acids is 1. The van der Waals surface area contributed by atoms with Crippen molar-refractivity contribution < 1.29 is 14.7 Å². The molecule has 1 saturated heterocycles. The molecule has 4 nitrogen and oxygen atoms in total. The van der Waals surface area contributed by atoms with Gasteiger partial charge >= 0.3 is 5.97 Å². The highest BCUT2D eigenvalue weighted by molar-refractivity contribution is 5.88. The number of likely N-dealkylation sites (tertiary alicyclic amines) is 1. The van der Waals surface area contributed by atoms with Gasteiger partial charge in [-0.1, -0.05) is 30.3 Å². The van der Waals surface area contributed by atoms with Crippen LogP contribution < -0.4 is 0 Å². The molecule has 0 unspecified atom stereocenters. The lowest BCUT2D eigenvalue weighted by atomic mass is 9.95. The molecular formula is C15H19NO3. The summed E-state index contributed by atoms with van der Waals surface area (Å²) in [5.74, 6) is -1.27. The van der Waals surface area contributed by atoms with Crippen molar-refractivity contribution in [2.24, 2.45) is 0 Å². The quantitative estimate of drug-likeness (QED) is 0.908. The minimum Gasteiger partial charge on any atom is -0.480 e. The molecule has 1 amide bonds. The standard InChI is InChI=1S/C15H19NO3/c1-11(12-7-3-2-4-8-12)14(17)16-10-6-5-9-13(16)15(18)19/h2-4,7-8,11,13H,5-6,9-10H2,1H3,(H,18,19)/t11-,13+/m0/s1. The van der Waals surface area contributed by atoms with Gasteiger partial charge in [0.05, 0.1) is 5.92 Å². The lowest BCUT2D eigenvalue weighted by Crippen LogP contribution is -2.49. The van der Waals surface area contributed by atoms with Crippen molar-refractivity contribution in [2.75, 3.05) is 6.54 Å². The van der Waals surface area contributed by atoms with Crippen LogP contribution in [0.1, 0.15) is 37.7 Å². The first-order valence-corrected chi connectivity index (χ1v) is 6.69. The second-order valence-corrected chi connectivity index (χ2v) is 5.01. The SMILES string of the molecule is C[C@H](C(=O)N1CCCC[C@@H]1C(=O)O)c1ccccc1. The zero-order valence-corrected chi connectivity index (χ0v) is 11.1. The van der Waals surface area contributed by atoms with Crippen molar-refractivity contribution in [2.45, 2.75) is 38.1 Å². The van der Waals surface area contributed by atoms with Crippen molar-refractivity contribution in [3.05, 3.63) is 35.9 Å². The zero-order valence-electron chi connectivity index (χ0n) is 11.1. The van der Waals surface area contributed by atoms with Crippen LogP contribution in [0.25, 0.3) is 0 Å². The van der Waals surface area contributed by atoms with E-state index < -0.39 is 12.0 Å². The maximum Gasteiger partial charge on any atom is 0.326 e. The summed E-state index contributed by atoms with van der Waals surface area (Å²) < 4.78 is 0. The fourth-order valence-electron chi connectivity index (χ4n) is 2.59. The molecule has 0 aliphatic carbocycles. The number of hydrogen-bond acceptors (Lipinski definition) is 2. The van der Waals surface area contributed by atoms with Crippen LogP contribution >= 0.6 is 0 Å². The Balaban J connectivity index is 2.15. The van der Waals surface area contributed by atoms with Gasteiger partial charge in [0.1, 0.15) is 6.04 Å². The molecule has 2 atom stereocenters. The Morgan fingerprint density at radius 2 is 1.95 bits per heavy atom. The second-order valence-electron chi connectivity index (χ2n) is 5.01. The van der Waals surface area contributed by atoms with E-state index in [4.69, 9.17) is 0 Å². The van der Waals surface area contributed by atoms with Crippen molar-refractivity contribution in [1.82, 2.24) is 4.90 Å². The number of hydrogen-bond donors (Lipinski definition) is 1. The van der Waals surface area contributed by atoms with Gasteiger partial charge in [0.25, 0.3) is 0 Å². The molecule has 0 radical (unpaired) electrons. The molecule has 19 heavy (non-hydrogen) atoms. The van der Waals surface area contributed by atoms with Crippen LogP contribution in [-0.2, 0) is 9.59 Å². The van der Waals surface area contributed by atoms with Crippen LogP contribution in [-0.4, -0.2) is 34.5 Å². The predicted octanol–water partition coefficient (Wildman–Crippen LogP) is 2.26. The number of aliphatic carboxylic acids is 1. The highest BCUT2D eigenvalue weighted by Crippen LogP contribution is 2.24. The molecule has 2 rings (SSSR count). The largest absolute Gasteiger partial charge is 0.480 e. The van der Waals surface area contributed by atoms with Crippen LogP contribution in [0.2, 0.25) is 0 Å². The summed E-state index contributed by atoms with van der Waals surface area (Å²) in [6, 6.07) is 8.84. The van der Waals surface area contributed by atoms with Crippen molar-refractivity contribution in [3.8, 4) is 0 Å². The summed E-state index contributed by atoms with van der Waals surface area (Å²) in [5.41, 5.74) is 0.933. The zero-order chi connectivity index (χ0) is 13.8. The first-order valence-electron chi connectivity index (χ1n) is 6.69. The normalized spacial score (nSPS) is 20.9. The number of benzene rings is 1. The second kappa shape index (κ2) is 5.87. The van der Waals surface area contributed by atoms with Crippen LogP contribution in [0.15, 0.2) is 30.3 Å². The first-order chi connectivity index (χ1) is 9.11. The van der Waals surface area contributed by atoms with Gasteiger partial charge in [-0.05, 0) is 31.7 Å². The van der Waals surface area contributed by atoms with Gasteiger partial charge in [0.2, 0.25) is 5.91 Å². The molecule has 1 fully saturated rings. The van der Waals surface area contributed by atoms with E-state index in [1.807, 2.05) is 37.3 Å². The predicted molar refractivity (Wildman–Crippen MR) is 71.8 cm³/mol. The summed E-state index contributed by atoms with van der Waals surface area (Å²) in [5, 5.41) is 9.22. The van der Waals surface area contributed by atoms with Crippen molar-refractivity contribution in [3.63, 3.8) is 0 Å². The van der Waals surface area contributed by atoms with E-state index in [2.05, 4.69) is 0 Å². The van der Waals surface area contributed by atoms with E-state index in [1.165, 1.54) is 4.90 Å². The first kappa shape index (κ1) is 13.6. The molecule has 1 aliphatic heterocycles. The van der Waals surface area contributed by atoms with Gasteiger partial charge in [-0.15, -0.1) is 0 Å². The van der Waals surface area contributed by atoms with E-state index in [0.717, 1.165) is 18.4 Å². The summed E-state index contributed by atoms with van der Waals surface area (Å²) in [6.45, 7) is 2.39. The lowest BCUT2D eigenvalue weighted by Gasteiger charge is -2.34. The Morgan fingerprint density at radius 3 is 2.58 bits per heavy atom. The number of carbonyl (C=O) groups excluding carboxylic acids is 1. The number of amides is 1. The van der Waals surface area contributed by atoms with Gasteiger partial charge < -0.3 is 10.0 Å². The van der Waals surface area contributed by atoms with E-state index in [0.29, 0.717) is 13.0 Å². The summed E-state index contributed by atoms with van der Waals surface area (Å²) in [6.07, 6.45) is 2.32. The maximum absolute atomic E-state index is 12.5. The molecule has 1 aromatic rings. The fraction of sp³-hybridized carbons (Fsp3) is 0.467. The number of carboxylic acid groups (broad SMARTS) is 1. The maximum atomic E-state index is 12.5. The van der Waals surface area contributed by atoms with E-state index in [-0.39, 0.29) is 11.8 Å². The Kier molecular flexibility index (Phi) is 4.20. The molecule has 1 aliphatic rings. The molecule has 1 N–H and O–H groups in total. The van der Waals surface area contributed by atoms with Gasteiger partial charge in [-0.2, -0.15) is 0 Å².